The summed E-state index contributed by atoms with van der Waals surface area (Å²) in [4.78, 5) is 11.7. The maximum atomic E-state index is 12.0. The number of hydrogen-bond acceptors (Lipinski definition) is 4. The van der Waals surface area contributed by atoms with Crippen LogP contribution in [0.25, 0.3) is 0 Å². The molecule has 24 heavy (non-hydrogen) atoms. The van der Waals surface area contributed by atoms with Gasteiger partial charge in [-0.2, -0.15) is 5.10 Å². The smallest absolute Gasteiger partial charge is 0.255 e. The Morgan fingerprint density at radius 2 is 1.75 bits per heavy atom. The van der Waals surface area contributed by atoms with Gasteiger partial charge in [-0.05, 0) is 36.8 Å². The summed E-state index contributed by atoms with van der Waals surface area (Å²) in [7, 11) is -3.73. The average molecular weight is 366 g/mol. The highest BCUT2D eigenvalue weighted by Gasteiger charge is 2.14. The number of amides is 1. The summed E-state index contributed by atoms with van der Waals surface area (Å²) >= 11 is 5.76. The molecule has 0 aliphatic heterocycles. The van der Waals surface area contributed by atoms with E-state index in [1.807, 2.05) is 6.92 Å². The van der Waals surface area contributed by atoms with Gasteiger partial charge in [-0.3, -0.25) is 4.79 Å². The maximum absolute atomic E-state index is 12.0. The molecule has 6 nitrogen and oxygen atoms in total. The van der Waals surface area contributed by atoms with Crippen LogP contribution in [-0.2, 0) is 14.8 Å². The number of aryl methyl sites for hydroxylation is 1. The fraction of sp³-hybridized carbons (Fsp3) is 0.125. The summed E-state index contributed by atoms with van der Waals surface area (Å²) in [6, 6.07) is 13.2. The fourth-order valence-corrected chi connectivity index (χ4v) is 2.84. The number of rotatable bonds is 6. The van der Waals surface area contributed by atoms with Crippen LogP contribution in [0.5, 0.6) is 0 Å². The van der Waals surface area contributed by atoms with E-state index < -0.39 is 22.5 Å². The number of sulfonamides is 1. The van der Waals surface area contributed by atoms with Gasteiger partial charge in [0.1, 0.15) is 0 Å². The molecular weight excluding hydrogens is 350 g/mol. The fourth-order valence-electron chi connectivity index (χ4n) is 1.73. The molecule has 2 aromatic rings. The van der Waals surface area contributed by atoms with Crippen molar-refractivity contribution in [2.45, 2.75) is 11.8 Å². The van der Waals surface area contributed by atoms with Crippen LogP contribution in [-0.4, -0.2) is 27.1 Å². The minimum absolute atomic E-state index is 0.102. The van der Waals surface area contributed by atoms with E-state index in [-0.39, 0.29) is 4.90 Å². The molecule has 0 spiro atoms. The Hall–Kier alpha value is -2.22. The summed E-state index contributed by atoms with van der Waals surface area (Å²) < 4.78 is 26.3. The zero-order valence-corrected chi connectivity index (χ0v) is 14.4. The highest BCUT2D eigenvalue weighted by Crippen LogP contribution is 2.09. The molecule has 126 valence electrons. The first-order chi connectivity index (χ1) is 11.4. The molecule has 1 amide bonds. The molecular formula is C16H16ClN3O3S. The summed E-state index contributed by atoms with van der Waals surface area (Å²) in [6.45, 7) is 1.45. The van der Waals surface area contributed by atoms with Crippen LogP contribution in [0.2, 0.25) is 5.02 Å². The Bertz CT molecular complexity index is 832. The molecule has 0 saturated carbocycles. The van der Waals surface area contributed by atoms with Gasteiger partial charge in [-0.15, -0.1) is 0 Å². The molecule has 0 saturated heterocycles. The van der Waals surface area contributed by atoms with Gasteiger partial charge < -0.3 is 0 Å². The topological polar surface area (TPSA) is 87.6 Å². The van der Waals surface area contributed by atoms with Crippen LogP contribution in [0.3, 0.4) is 0 Å². The van der Waals surface area contributed by atoms with Crippen molar-refractivity contribution in [2.24, 2.45) is 5.10 Å². The van der Waals surface area contributed by atoms with Crippen LogP contribution >= 0.6 is 11.6 Å². The Labute approximate surface area is 145 Å². The number of hydrogen-bond donors (Lipinski definition) is 2. The Balaban J connectivity index is 1.86. The van der Waals surface area contributed by atoms with E-state index >= 15 is 0 Å². The van der Waals surface area contributed by atoms with E-state index in [0.29, 0.717) is 5.02 Å². The first-order valence-electron chi connectivity index (χ1n) is 7.01. The number of carbonyl (C=O) groups is 1. The lowest BCUT2D eigenvalue weighted by molar-refractivity contribution is -0.119. The highest BCUT2D eigenvalue weighted by atomic mass is 35.5. The predicted molar refractivity (Wildman–Crippen MR) is 93.6 cm³/mol. The maximum Gasteiger partial charge on any atom is 0.255 e. The largest absolute Gasteiger partial charge is 0.272 e. The Morgan fingerprint density at radius 1 is 1.12 bits per heavy atom. The van der Waals surface area contributed by atoms with Gasteiger partial charge in [0.05, 0.1) is 17.7 Å². The van der Waals surface area contributed by atoms with Crippen molar-refractivity contribution >= 4 is 33.7 Å². The van der Waals surface area contributed by atoms with Crippen molar-refractivity contribution in [1.29, 1.82) is 0 Å². The molecule has 2 rings (SSSR count). The first-order valence-corrected chi connectivity index (χ1v) is 8.87. The van der Waals surface area contributed by atoms with Crippen molar-refractivity contribution in [1.82, 2.24) is 10.1 Å². The van der Waals surface area contributed by atoms with Gasteiger partial charge >= 0.3 is 0 Å². The first kappa shape index (κ1) is 18.1. The number of nitrogens with zero attached hydrogens (tertiary/aromatic N) is 1. The van der Waals surface area contributed by atoms with Crippen LogP contribution in [0.1, 0.15) is 11.1 Å². The number of carbonyl (C=O) groups excluding carboxylic acids is 1. The standard InChI is InChI=1S/C16H16ClN3O3S/c1-12-2-8-15(9-3-12)24(22,23)19-11-16(21)20-18-10-13-4-6-14(17)7-5-13/h2-10,19H,11H2,1H3,(H,20,21)/b18-10-. The molecule has 0 aliphatic rings. The van der Waals surface area contributed by atoms with Gasteiger partial charge in [0.25, 0.3) is 5.91 Å². The van der Waals surface area contributed by atoms with E-state index in [9.17, 15) is 13.2 Å². The molecule has 2 aromatic carbocycles. The van der Waals surface area contributed by atoms with Gasteiger partial charge in [0.15, 0.2) is 0 Å². The van der Waals surface area contributed by atoms with Crippen molar-refractivity contribution in [2.75, 3.05) is 6.54 Å². The molecule has 0 heterocycles. The molecule has 0 radical (unpaired) electrons. The van der Waals surface area contributed by atoms with Crippen LogP contribution in [0.4, 0.5) is 0 Å². The second-order valence-electron chi connectivity index (χ2n) is 4.98. The SMILES string of the molecule is Cc1ccc(S(=O)(=O)NCC(=O)N/N=C\c2ccc(Cl)cc2)cc1. The lowest BCUT2D eigenvalue weighted by Crippen LogP contribution is -2.34. The van der Waals surface area contributed by atoms with Crippen LogP contribution in [0.15, 0.2) is 58.5 Å². The van der Waals surface area contributed by atoms with E-state index in [4.69, 9.17) is 11.6 Å². The zero-order chi connectivity index (χ0) is 17.6. The Morgan fingerprint density at radius 3 is 2.38 bits per heavy atom. The third-order valence-electron chi connectivity index (χ3n) is 3.03. The lowest BCUT2D eigenvalue weighted by atomic mass is 10.2. The molecule has 2 N–H and O–H groups in total. The van der Waals surface area contributed by atoms with E-state index in [2.05, 4.69) is 15.2 Å². The monoisotopic (exact) mass is 365 g/mol. The quantitative estimate of drug-likeness (QED) is 0.606. The van der Waals surface area contributed by atoms with Crippen molar-refractivity contribution < 1.29 is 13.2 Å². The summed E-state index contributed by atoms with van der Waals surface area (Å²) in [5.74, 6) is -0.573. The number of nitrogens with one attached hydrogen (secondary N) is 2. The second-order valence-corrected chi connectivity index (χ2v) is 7.19. The van der Waals surface area contributed by atoms with Gasteiger partial charge in [0.2, 0.25) is 10.0 Å². The number of hydrazone groups is 1. The van der Waals surface area contributed by atoms with Crippen molar-refractivity contribution in [3.8, 4) is 0 Å². The van der Waals surface area contributed by atoms with Crippen LogP contribution in [0, 0.1) is 6.92 Å². The molecule has 8 heteroatoms. The van der Waals surface area contributed by atoms with E-state index in [1.54, 1.807) is 36.4 Å². The third kappa shape index (κ3) is 5.45. The van der Waals surface area contributed by atoms with Crippen molar-refractivity contribution in [3.05, 3.63) is 64.7 Å². The molecule has 0 atom stereocenters. The molecule has 0 aliphatic carbocycles. The summed E-state index contributed by atoms with van der Waals surface area (Å²) in [6.07, 6.45) is 1.43. The van der Waals surface area contributed by atoms with Gasteiger partial charge in [0, 0.05) is 5.02 Å². The van der Waals surface area contributed by atoms with Gasteiger partial charge in [-0.25, -0.2) is 18.6 Å². The third-order valence-corrected chi connectivity index (χ3v) is 4.70. The Kier molecular flexibility index (Phi) is 6.08. The molecule has 0 aromatic heterocycles. The van der Waals surface area contributed by atoms with E-state index in [1.165, 1.54) is 18.3 Å². The minimum Gasteiger partial charge on any atom is -0.272 e. The van der Waals surface area contributed by atoms with Crippen LogP contribution < -0.4 is 10.1 Å². The van der Waals surface area contributed by atoms with Gasteiger partial charge in [-0.1, -0.05) is 41.4 Å². The normalized spacial score (nSPS) is 11.6. The minimum atomic E-state index is -3.73. The zero-order valence-electron chi connectivity index (χ0n) is 12.9. The summed E-state index contributed by atoms with van der Waals surface area (Å²) in [5, 5.41) is 4.35. The predicted octanol–water partition coefficient (Wildman–Crippen LogP) is 2.08. The van der Waals surface area contributed by atoms with E-state index in [0.717, 1.165) is 11.1 Å². The lowest BCUT2D eigenvalue weighted by Gasteiger charge is -2.06. The number of benzene rings is 2. The molecule has 0 unspecified atom stereocenters. The second kappa shape index (κ2) is 8.05. The number of halogens is 1. The summed E-state index contributed by atoms with van der Waals surface area (Å²) in [5.41, 5.74) is 3.95. The van der Waals surface area contributed by atoms with Crippen molar-refractivity contribution in [3.63, 3.8) is 0 Å². The highest BCUT2D eigenvalue weighted by molar-refractivity contribution is 7.89. The molecule has 0 fully saturated rings. The molecule has 0 bridgehead atoms. The average Bonchev–Trinajstić information content (AvgIpc) is 2.55.